The second-order valence-corrected chi connectivity index (χ2v) is 4.88. The average Bonchev–Trinajstić information content (AvgIpc) is 2.88. The van der Waals surface area contributed by atoms with Gasteiger partial charge in [0.2, 0.25) is 0 Å². The average molecular weight is 284 g/mol. The summed E-state index contributed by atoms with van der Waals surface area (Å²) < 4.78 is 7.31. The number of H-pyrrole nitrogens is 1. The van der Waals surface area contributed by atoms with E-state index in [2.05, 4.69) is 15.1 Å². The molecule has 0 aliphatic rings. The van der Waals surface area contributed by atoms with Crippen LogP contribution in [-0.2, 0) is 11.3 Å². The van der Waals surface area contributed by atoms with E-state index in [4.69, 9.17) is 4.74 Å². The zero-order chi connectivity index (χ0) is 14.8. The van der Waals surface area contributed by atoms with E-state index in [1.807, 2.05) is 37.3 Å². The van der Waals surface area contributed by atoms with Crippen LogP contribution in [0.2, 0.25) is 0 Å². The highest BCUT2D eigenvalue weighted by Crippen LogP contribution is 2.14. The smallest absolute Gasteiger partial charge is 0.277 e. The Morgan fingerprint density at radius 3 is 2.86 bits per heavy atom. The van der Waals surface area contributed by atoms with Crippen LogP contribution in [0.25, 0.3) is 5.52 Å². The Morgan fingerprint density at radius 2 is 2.10 bits per heavy atom. The summed E-state index contributed by atoms with van der Waals surface area (Å²) >= 11 is 0. The number of hydrogen-bond acceptors (Lipinski definition) is 4. The van der Waals surface area contributed by atoms with Gasteiger partial charge in [-0.25, -0.2) is 9.50 Å². The summed E-state index contributed by atoms with van der Waals surface area (Å²) in [5.41, 5.74) is 1.30. The Hall–Kier alpha value is -2.47. The van der Waals surface area contributed by atoms with Gasteiger partial charge in [0.1, 0.15) is 11.9 Å². The van der Waals surface area contributed by atoms with Crippen LogP contribution in [0.1, 0.15) is 30.2 Å². The highest BCUT2D eigenvalue weighted by atomic mass is 16.5. The lowest BCUT2D eigenvalue weighted by Crippen LogP contribution is -2.19. The maximum Gasteiger partial charge on any atom is 0.277 e. The quantitative estimate of drug-likeness (QED) is 0.795. The molecule has 3 rings (SSSR count). The standard InChI is InChI=1S/C15H16N4O2/c1-10(21-9-12-6-4-3-5-7-12)14-17-15(20)13-8-16-11(2)19(13)18-14/h3-8,10H,9H2,1-2H3,(H,17,18,20). The van der Waals surface area contributed by atoms with Crippen LogP contribution in [-0.4, -0.2) is 19.6 Å². The highest BCUT2D eigenvalue weighted by Gasteiger charge is 2.13. The lowest BCUT2D eigenvalue weighted by atomic mass is 10.2. The number of aromatic nitrogens is 4. The van der Waals surface area contributed by atoms with Gasteiger partial charge < -0.3 is 9.72 Å². The molecule has 2 heterocycles. The van der Waals surface area contributed by atoms with Crippen LogP contribution >= 0.6 is 0 Å². The van der Waals surface area contributed by atoms with E-state index >= 15 is 0 Å². The molecule has 0 saturated heterocycles. The van der Waals surface area contributed by atoms with Crippen LogP contribution in [0.4, 0.5) is 0 Å². The molecule has 1 N–H and O–H groups in total. The molecule has 0 radical (unpaired) electrons. The number of ether oxygens (including phenoxy) is 1. The molecule has 6 heteroatoms. The Morgan fingerprint density at radius 1 is 1.33 bits per heavy atom. The zero-order valence-corrected chi connectivity index (χ0v) is 11.9. The van der Waals surface area contributed by atoms with E-state index in [-0.39, 0.29) is 11.7 Å². The predicted octanol–water partition coefficient (Wildman–Crippen LogP) is 2.00. The second-order valence-electron chi connectivity index (χ2n) is 4.88. The molecular formula is C15H16N4O2. The number of imidazole rings is 1. The van der Waals surface area contributed by atoms with Crippen LogP contribution in [0.3, 0.4) is 0 Å². The largest absolute Gasteiger partial charge is 0.366 e. The molecule has 0 bridgehead atoms. The number of aromatic amines is 1. The molecular weight excluding hydrogens is 268 g/mol. The van der Waals surface area contributed by atoms with Gasteiger partial charge in [0.25, 0.3) is 5.56 Å². The van der Waals surface area contributed by atoms with Crippen molar-refractivity contribution in [1.29, 1.82) is 0 Å². The van der Waals surface area contributed by atoms with Crippen LogP contribution in [0.15, 0.2) is 41.3 Å². The van der Waals surface area contributed by atoms with Crippen molar-refractivity contribution >= 4 is 5.52 Å². The molecule has 0 aliphatic carbocycles. The van der Waals surface area contributed by atoms with Gasteiger partial charge in [0, 0.05) is 0 Å². The minimum atomic E-state index is -0.316. The molecule has 0 aliphatic heterocycles. The first-order chi connectivity index (χ1) is 10.1. The Balaban J connectivity index is 1.83. The molecule has 1 aromatic carbocycles. The summed E-state index contributed by atoms with van der Waals surface area (Å²) in [4.78, 5) is 18.8. The summed E-state index contributed by atoms with van der Waals surface area (Å²) in [5, 5.41) is 4.38. The van der Waals surface area contributed by atoms with Gasteiger partial charge in [-0.1, -0.05) is 30.3 Å². The normalized spacial score (nSPS) is 12.7. The first-order valence-electron chi connectivity index (χ1n) is 6.75. The number of aryl methyl sites for hydroxylation is 1. The van der Waals surface area contributed by atoms with Crippen molar-refractivity contribution in [1.82, 2.24) is 19.6 Å². The van der Waals surface area contributed by atoms with Crippen molar-refractivity contribution in [2.75, 3.05) is 0 Å². The minimum Gasteiger partial charge on any atom is -0.366 e. The number of hydrogen-bond donors (Lipinski definition) is 1. The fourth-order valence-electron chi connectivity index (χ4n) is 2.09. The second kappa shape index (κ2) is 5.49. The lowest BCUT2D eigenvalue weighted by Gasteiger charge is -2.12. The van der Waals surface area contributed by atoms with Gasteiger partial charge >= 0.3 is 0 Å². The van der Waals surface area contributed by atoms with Crippen LogP contribution in [0.5, 0.6) is 0 Å². The van der Waals surface area contributed by atoms with Crippen molar-refractivity contribution in [2.45, 2.75) is 26.6 Å². The number of benzene rings is 1. The monoisotopic (exact) mass is 284 g/mol. The Labute approximate surface area is 121 Å². The maximum atomic E-state index is 12.0. The third-order valence-corrected chi connectivity index (χ3v) is 3.32. The molecule has 1 atom stereocenters. The van der Waals surface area contributed by atoms with Gasteiger partial charge in [-0.2, -0.15) is 0 Å². The van der Waals surface area contributed by atoms with E-state index in [9.17, 15) is 4.79 Å². The van der Waals surface area contributed by atoms with E-state index in [0.29, 0.717) is 23.8 Å². The topological polar surface area (TPSA) is 72.3 Å². The summed E-state index contributed by atoms with van der Waals surface area (Å²) in [5.74, 6) is 1.16. The molecule has 0 amide bonds. The van der Waals surface area contributed by atoms with Gasteiger partial charge in [0.15, 0.2) is 11.3 Å². The highest BCUT2D eigenvalue weighted by molar-refractivity contribution is 5.41. The molecule has 2 aromatic heterocycles. The fourth-order valence-corrected chi connectivity index (χ4v) is 2.09. The van der Waals surface area contributed by atoms with Crippen molar-refractivity contribution in [2.24, 2.45) is 0 Å². The van der Waals surface area contributed by atoms with Crippen molar-refractivity contribution in [3.63, 3.8) is 0 Å². The molecule has 3 aromatic rings. The first-order valence-corrected chi connectivity index (χ1v) is 6.75. The summed E-state index contributed by atoms with van der Waals surface area (Å²) in [6.07, 6.45) is 1.20. The summed E-state index contributed by atoms with van der Waals surface area (Å²) in [7, 11) is 0. The Kier molecular flexibility index (Phi) is 3.53. The Bertz CT molecular complexity index is 807. The van der Waals surface area contributed by atoms with E-state index < -0.39 is 0 Å². The van der Waals surface area contributed by atoms with E-state index in [1.165, 1.54) is 10.7 Å². The summed E-state index contributed by atoms with van der Waals surface area (Å²) in [6.45, 7) is 4.13. The number of fused-ring (bicyclic) bond motifs is 1. The zero-order valence-electron chi connectivity index (χ0n) is 11.9. The van der Waals surface area contributed by atoms with Gasteiger partial charge in [0.05, 0.1) is 12.8 Å². The fraction of sp³-hybridized carbons (Fsp3) is 0.267. The maximum absolute atomic E-state index is 12.0. The van der Waals surface area contributed by atoms with Gasteiger partial charge in [-0.3, -0.25) is 4.79 Å². The minimum absolute atomic E-state index is 0.212. The first kappa shape index (κ1) is 13.5. The van der Waals surface area contributed by atoms with Crippen molar-refractivity contribution in [3.8, 4) is 0 Å². The number of nitrogens with zero attached hydrogens (tertiary/aromatic N) is 3. The van der Waals surface area contributed by atoms with Gasteiger partial charge in [-0.05, 0) is 19.4 Å². The predicted molar refractivity (Wildman–Crippen MR) is 78.0 cm³/mol. The van der Waals surface area contributed by atoms with E-state index in [1.54, 1.807) is 6.92 Å². The van der Waals surface area contributed by atoms with Gasteiger partial charge in [-0.15, -0.1) is 5.10 Å². The summed E-state index contributed by atoms with van der Waals surface area (Å²) in [6, 6.07) is 9.87. The molecule has 6 nitrogen and oxygen atoms in total. The van der Waals surface area contributed by atoms with Crippen molar-refractivity contribution < 1.29 is 4.74 Å². The number of nitrogens with one attached hydrogen (secondary N) is 1. The van der Waals surface area contributed by atoms with Crippen LogP contribution < -0.4 is 5.56 Å². The van der Waals surface area contributed by atoms with Crippen LogP contribution in [0, 0.1) is 6.92 Å². The number of rotatable bonds is 4. The molecule has 108 valence electrons. The van der Waals surface area contributed by atoms with Crippen molar-refractivity contribution in [3.05, 3.63) is 64.1 Å². The van der Waals surface area contributed by atoms with E-state index in [0.717, 1.165) is 5.56 Å². The lowest BCUT2D eigenvalue weighted by molar-refractivity contribution is 0.0457. The SMILES string of the molecule is Cc1ncc2c(=O)[nH]c(C(C)OCc3ccccc3)nn12. The third kappa shape index (κ3) is 2.71. The molecule has 0 spiro atoms. The third-order valence-electron chi connectivity index (χ3n) is 3.32. The molecule has 1 unspecified atom stereocenters. The molecule has 21 heavy (non-hydrogen) atoms. The molecule has 0 saturated carbocycles. The molecule has 0 fully saturated rings.